The molecule has 1 heterocycles. The summed E-state index contributed by atoms with van der Waals surface area (Å²) < 4.78 is 6.49. The van der Waals surface area contributed by atoms with Crippen LogP contribution in [-0.2, 0) is 11.3 Å². The average Bonchev–Trinajstić information content (AvgIpc) is 2.25. The molecule has 1 amide bonds. The monoisotopic (exact) mass is 325 g/mol. The van der Waals surface area contributed by atoms with E-state index in [4.69, 9.17) is 4.74 Å². The van der Waals surface area contributed by atoms with Crippen molar-refractivity contribution in [2.24, 2.45) is 0 Å². The minimum absolute atomic E-state index is 0.232. The van der Waals surface area contributed by atoms with Crippen LogP contribution >= 0.6 is 15.9 Å². The fraction of sp³-hybridized carbons (Fsp3) is 0.533. The summed E-state index contributed by atoms with van der Waals surface area (Å²) in [4.78, 5) is 13.9. The second kappa shape index (κ2) is 5.16. The van der Waals surface area contributed by atoms with Crippen LogP contribution in [0.15, 0.2) is 22.7 Å². The Bertz CT molecular complexity index is 493. The quantitative estimate of drug-likeness (QED) is 0.711. The third-order valence-electron chi connectivity index (χ3n) is 3.14. The van der Waals surface area contributed by atoms with Crippen molar-refractivity contribution in [1.29, 1.82) is 0 Å². The minimum atomic E-state index is -0.447. The molecule has 1 atom stereocenters. The van der Waals surface area contributed by atoms with Gasteiger partial charge in [0.1, 0.15) is 5.60 Å². The molecule has 0 saturated carbocycles. The van der Waals surface area contributed by atoms with Crippen LogP contribution in [0.5, 0.6) is 0 Å². The van der Waals surface area contributed by atoms with Crippen molar-refractivity contribution < 1.29 is 9.53 Å². The molecule has 0 radical (unpaired) electrons. The third kappa shape index (κ3) is 3.50. The number of carbonyl (C=O) groups is 1. The van der Waals surface area contributed by atoms with Crippen LogP contribution in [0.4, 0.5) is 4.79 Å². The van der Waals surface area contributed by atoms with E-state index in [1.165, 1.54) is 11.1 Å². The Morgan fingerprint density at radius 1 is 1.42 bits per heavy atom. The summed E-state index contributed by atoms with van der Waals surface area (Å²) in [5.41, 5.74) is 2.07. The zero-order chi connectivity index (χ0) is 14.2. The molecule has 19 heavy (non-hydrogen) atoms. The van der Waals surface area contributed by atoms with Crippen LogP contribution in [0.2, 0.25) is 0 Å². The summed E-state index contributed by atoms with van der Waals surface area (Å²) >= 11 is 3.48. The molecule has 104 valence electrons. The van der Waals surface area contributed by atoms with Crippen molar-refractivity contribution in [3.63, 3.8) is 0 Å². The van der Waals surface area contributed by atoms with Gasteiger partial charge in [-0.15, -0.1) is 0 Å². The van der Waals surface area contributed by atoms with E-state index in [1.807, 2.05) is 20.8 Å². The first kappa shape index (κ1) is 14.4. The lowest BCUT2D eigenvalue weighted by Gasteiger charge is -2.34. The molecule has 0 bridgehead atoms. The van der Waals surface area contributed by atoms with Gasteiger partial charge in [-0.1, -0.05) is 28.9 Å². The molecule has 0 N–H and O–H groups in total. The van der Waals surface area contributed by atoms with E-state index in [0.29, 0.717) is 19.0 Å². The van der Waals surface area contributed by atoms with Crippen LogP contribution in [0.3, 0.4) is 0 Å². The maximum Gasteiger partial charge on any atom is 0.410 e. The van der Waals surface area contributed by atoms with E-state index in [2.05, 4.69) is 41.1 Å². The molecule has 1 aliphatic rings. The number of ether oxygens (including phenoxy) is 1. The summed E-state index contributed by atoms with van der Waals surface area (Å²) in [5.74, 6) is 0.337. The van der Waals surface area contributed by atoms with E-state index in [1.54, 1.807) is 4.90 Å². The van der Waals surface area contributed by atoms with Crippen molar-refractivity contribution in [1.82, 2.24) is 4.90 Å². The fourth-order valence-corrected chi connectivity index (χ4v) is 2.77. The molecule has 1 unspecified atom stereocenters. The van der Waals surface area contributed by atoms with Crippen LogP contribution in [0, 0.1) is 0 Å². The van der Waals surface area contributed by atoms with Gasteiger partial charge in [0, 0.05) is 17.6 Å². The number of rotatable bonds is 0. The molecule has 0 saturated heterocycles. The lowest BCUT2D eigenvalue weighted by atomic mass is 9.91. The lowest BCUT2D eigenvalue weighted by molar-refractivity contribution is 0.0209. The van der Waals surface area contributed by atoms with Gasteiger partial charge < -0.3 is 9.64 Å². The van der Waals surface area contributed by atoms with Gasteiger partial charge in [-0.2, -0.15) is 0 Å². The van der Waals surface area contributed by atoms with Gasteiger partial charge in [0.2, 0.25) is 0 Å². The standard InChI is InChI=1S/C15H20BrNO2/c1-10-8-17(14(18)19-15(2,3)4)9-11-7-12(16)5-6-13(10)11/h5-7,10H,8-9H2,1-4H3. The SMILES string of the molecule is CC1CN(C(=O)OC(C)(C)C)Cc2cc(Br)ccc21. The van der Waals surface area contributed by atoms with E-state index in [9.17, 15) is 4.79 Å². The Balaban J connectivity index is 2.18. The van der Waals surface area contributed by atoms with Crippen LogP contribution in [0.1, 0.15) is 44.7 Å². The number of hydrogen-bond donors (Lipinski definition) is 0. The van der Waals surface area contributed by atoms with E-state index < -0.39 is 5.60 Å². The predicted molar refractivity (Wildman–Crippen MR) is 79.2 cm³/mol. The largest absolute Gasteiger partial charge is 0.444 e. The van der Waals surface area contributed by atoms with Crippen LogP contribution < -0.4 is 0 Å². The van der Waals surface area contributed by atoms with E-state index in [-0.39, 0.29) is 6.09 Å². The Hall–Kier alpha value is -1.03. The first-order valence-electron chi connectivity index (χ1n) is 6.52. The van der Waals surface area contributed by atoms with Crippen molar-refractivity contribution in [2.75, 3.05) is 6.54 Å². The molecule has 0 spiro atoms. The highest BCUT2D eigenvalue weighted by atomic mass is 79.9. The van der Waals surface area contributed by atoms with Gasteiger partial charge in [-0.3, -0.25) is 0 Å². The zero-order valence-electron chi connectivity index (χ0n) is 11.9. The average molecular weight is 326 g/mol. The molecule has 0 fully saturated rings. The van der Waals surface area contributed by atoms with Crippen molar-refractivity contribution in [2.45, 2.75) is 45.8 Å². The van der Waals surface area contributed by atoms with Gasteiger partial charge in [-0.25, -0.2) is 4.79 Å². The van der Waals surface area contributed by atoms with Gasteiger partial charge in [0.15, 0.2) is 0 Å². The highest BCUT2D eigenvalue weighted by molar-refractivity contribution is 9.10. The molecule has 1 aromatic carbocycles. The van der Waals surface area contributed by atoms with Gasteiger partial charge >= 0.3 is 6.09 Å². The number of amides is 1. The molecule has 1 aliphatic heterocycles. The Labute approximate surface area is 123 Å². The van der Waals surface area contributed by atoms with Crippen molar-refractivity contribution in [3.8, 4) is 0 Å². The lowest BCUT2D eigenvalue weighted by Crippen LogP contribution is -2.41. The van der Waals surface area contributed by atoms with Gasteiger partial charge in [0.25, 0.3) is 0 Å². The maximum absolute atomic E-state index is 12.1. The fourth-order valence-electron chi connectivity index (χ4n) is 2.36. The number of fused-ring (bicyclic) bond motifs is 1. The molecule has 0 aliphatic carbocycles. The number of benzene rings is 1. The summed E-state index contributed by atoms with van der Waals surface area (Å²) in [7, 11) is 0. The van der Waals surface area contributed by atoms with Crippen LogP contribution in [0.25, 0.3) is 0 Å². The predicted octanol–water partition coefficient (Wildman–Crippen LogP) is 4.30. The third-order valence-corrected chi connectivity index (χ3v) is 3.64. The smallest absolute Gasteiger partial charge is 0.410 e. The minimum Gasteiger partial charge on any atom is -0.444 e. The highest BCUT2D eigenvalue weighted by Gasteiger charge is 2.28. The number of halogens is 1. The second-order valence-electron chi connectivity index (χ2n) is 6.11. The van der Waals surface area contributed by atoms with Gasteiger partial charge in [0.05, 0.1) is 0 Å². The Morgan fingerprint density at radius 3 is 2.74 bits per heavy atom. The van der Waals surface area contributed by atoms with Crippen molar-refractivity contribution >= 4 is 22.0 Å². The first-order valence-corrected chi connectivity index (χ1v) is 7.32. The molecular formula is C15H20BrNO2. The number of nitrogens with zero attached hydrogens (tertiary/aromatic N) is 1. The van der Waals surface area contributed by atoms with Gasteiger partial charge in [-0.05, 0) is 49.9 Å². The molecule has 4 heteroatoms. The summed E-state index contributed by atoms with van der Waals surface area (Å²) in [6.07, 6.45) is -0.232. The van der Waals surface area contributed by atoms with E-state index >= 15 is 0 Å². The Kier molecular flexibility index (Phi) is 3.90. The first-order chi connectivity index (χ1) is 8.76. The summed E-state index contributed by atoms with van der Waals surface area (Å²) in [5, 5.41) is 0. The molecule has 2 rings (SSSR count). The number of hydrogen-bond acceptors (Lipinski definition) is 2. The summed E-state index contributed by atoms with van der Waals surface area (Å²) in [6, 6.07) is 6.28. The molecular weight excluding hydrogens is 306 g/mol. The Morgan fingerprint density at radius 2 is 2.11 bits per heavy atom. The normalized spacial score (nSPS) is 19.0. The number of carbonyl (C=O) groups excluding carboxylic acids is 1. The molecule has 0 aromatic heterocycles. The highest BCUT2D eigenvalue weighted by Crippen LogP contribution is 2.30. The summed E-state index contributed by atoms with van der Waals surface area (Å²) in [6.45, 7) is 9.15. The topological polar surface area (TPSA) is 29.5 Å². The molecule has 3 nitrogen and oxygen atoms in total. The van der Waals surface area contributed by atoms with Crippen molar-refractivity contribution in [3.05, 3.63) is 33.8 Å². The second-order valence-corrected chi connectivity index (χ2v) is 7.02. The van der Waals surface area contributed by atoms with Crippen LogP contribution in [-0.4, -0.2) is 23.1 Å². The van der Waals surface area contributed by atoms with E-state index in [0.717, 1.165) is 4.47 Å². The zero-order valence-corrected chi connectivity index (χ0v) is 13.5. The molecule has 1 aromatic rings. The maximum atomic E-state index is 12.1.